The minimum absolute atomic E-state index is 0.129. The highest BCUT2D eigenvalue weighted by atomic mass is 32.2. The van der Waals surface area contributed by atoms with Gasteiger partial charge in [-0.1, -0.05) is 17.8 Å². The van der Waals surface area contributed by atoms with Gasteiger partial charge in [0.15, 0.2) is 22.5 Å². The van der Waals surface area contributed by atoms with Crippen molar-refractivity contribution in [2.45, 2.75) is 58.2 Å². The Bertz CT molecular complexity index is 1270. The highest BCUT2D eigenvalue weighted by Crippen LogP contribution is 2.38. The zero-order valence-electron chi connectivity index (χ0n) is 21.6. The fraction of sp³-hybridized carbons (Fsp3) is 0.462. The summed E-state index contributed by atoms with van der Waals surface area (Å²) in [5, 5.41) is 12.5. The molecule has 2 heterocycles. The quantitative estimate of drug-likeness (QED) is 0.267. The van der Waals surface area contributed by atoms with Gasteiger partial charge in [-0.3, -0.25) is 4.79 Å². The van der Waals surface area contributed by atoms with Crippen molar-refractivity contribution in [1.29, 1.82) is 0 Å². The zero-order chi connectivity index (χ0) is 26.4. The molecule has 0 atom stereocenters. The summed E-state index contributed by atoms with van der Waals surface area (Å²) in [4.78, 5) is 26.6. The van der Waals surface area contributed by atoms with Gasteiger partial charge in [-0.15, -0.1) is 21.5 Å². The lowest BCUT2D eigenvalue weighted by atomic mass is 9.95. The lowest BCUT2D eigenvalue weighted by molar-refractivity contribution is -0.113. The molecule has 1 N–H and O–H groups in total. The Balaban J connectivity index is 1.38. The summed E-state index contributed by atoms with van der Waals surface area (Å²) in [6.07, 6.45) is 3.89. The number of benzene rings is 1. The van der Waals surface area contributed by atoms with Gasteiger partial charge in [0, 0.05) is 11.9 Å². The maximum absolute atomic E-state index is 12.8. The number of amides is 1. The third-order valence-corrected chi connectivity index (χ3v) is 8.14. The van der Waals surface area contributed by atoms with E-state index in [0.717, 1.165) is 41.7 Å². The van der Waals surface area contributed by atoms with Crippen LogP contribution in [-0.4, -0.2) is 45.6 Å². The van der Waals surface area contributed by atoms with E-state index in [1.54, 1.807) is 11.5 Å². The SMILES string of the molecule is CCOC(=O)c1c(NC(=O)CSc2nnc(COc3ccc(C)cc3OCC)n2C)sc2c1CCCC2. The molecule has 0 aliphatic heterocycles. The van der Waals surface area contributed by atoms with Gasteiger partial charge in [0.1, 0.15) is 11.6 Å². The molecule has 37 heavy (non-hydrogen) atoms. The smallest absolute Gasteiger partial charge is 0.341 e. The number of fused-ring (bicyclic) bond motifs is 1. The molecule has 1 aromatic carbocycles. The molecule has 0 spiro atoms. The number of esters is 1. The van der Waals surface area contributed by atoms with Crippen molar-refractivity contribution in [1.82, 2.24) is 14.8 Å². The molecule has 1 aliphatic rings. The molecule has 4 rings (SSSR count). The number of thioether (sulfide) groups is 1. The maximum atomic E-state index is 12.8. The van der Waals surface area contributed by atoms with Crippen molar-refractivity contribution in [2.24, 2.45) is 7.05 Å². The second kappa shape index (κ2) is 12.5. The number of carbonyl (C=O) groups excluding carboxylic acids is 2. The van der Waals surface area contributed by atoms with Crippen molar-refractivity contribution in [2.75, 3.05) is 24.3 Å². The largest absolute Gasteiger partial charge is 0.490 e. The normalized spacial score (nSPS) is 12.6. The third kappa shape index (κ3) is 6.45. The Morgan fingerprint density at radius 3 is 2.70 bits per heavy atom. The topological polar surface area (TPSA) is 105 Å². The van der Waals surface area contributed by atoms with Crippen molar-refractivity contribution in [3.8, 4) is 11.5 Å². The van der Waals surface area contributed by atoms with E-state index >= 15 is 0 Å². The molecule has 0 radical (unpaired) electrons. The molecule has 0 saturated carbocycles. The van der Waals surface area contributed by atoms with Gasteiger partial charge in [-0.2, -0.15) is 0 Å². The molecule has 0 unspecified atom stereocenters. The molecule has 1 amide bonds. The van der Waals surface area contributed by atoms with E-state index in [4.69, 9.17) is 14.2 Å². The van der Waals surface area contributed by atoms with Gasteiger partial charge < -0.3 is 24.1 Å². The number of thiophene rings is 1. The van der Waals surface area contributed by atoms with Crippen LogP contribution < -0.4 is 14.8 Å². The number of nitrogens with zero attached hydrogens (tertiary/aromatic N) is 3. The van der Waals surface area contributed by atoms with Gasteiger partial charge >= 0.3 is 5.97 Å². The Hall–Kier alpha value is -3.05. The number of aromatic nitrogens is 3. The average molecular weight is 545 g/mol. The van der Waals surface area contributed by atoms with Crippen LogP contribution in [0.2, 0.25) is 0 Å². The summed E-state index contributed by atoms with van der Waals surface area (Å²) in [5.41, 5.74) is 2.63. The first-order chi connectivity index (χ1) is 17.9. The van der Waals surface area contributed by atoms with Crippen LogP contribution in [0.3, 0.4) is 0 Å². The Morgan fingerprint density at radius 1 is 1.11 bits per heavy atom. The van der Waals surface area contributed by atoms with Crippen molar-refractivity contribution in [3.05, 3.63) is 45.6 Å². The summed E-state index contributed by atoms with van der Waals surface area (Å²) in [5.74, 6) is 1.50. The van der Waals surface area contributed by atoms with Gasteiger partial charge in [0.05, 0.1) is 24.5 Å². The Morgan fingerprint density at radius 2 is 1.92 bits per heavy atom. The number of nitrogens with one attached hydrogen (secondary N) is 1. The van der Waals surface area contributed by atoms with Crippen LogP contribution in [0.25, 0.3) is 0 Å². The summed E-state index contributed by atoms with van der Waals surface area (Å²) < 4.78 is 18.7. The minimum atomic E-state index is -0.371. The fourth-order valence-electron chi connectivity index (χ4n) is 4.11. The fourth-order valence-corrected chi connectivity index (χ4v) is 6.13. The monoisotopic (exact) mass is 544 g/mol. The molecule has 11 heteroatoms. The molecular formula is C26H32N4O5S2. The molecule has 2 aromatic heterocycles. The van der Waals surface area contributed by atoms with Gasteiger partial charge in [0.25, 0.3) is 0 Å². The molecular weight excluding hydrogens is 512 g/mol. The number of rotatable bonds is 11. The molecule has 0 saturated heterocycles. The molecule has 0 fully saturated rings. The lowest BCUT2D eigenvalue weighted by Gasteiger charge is -2.12. The number of hydrogen-bond donors (Lipinski definition) is 1. The highest BCUT2D eigenvalue weighted by molar-refractivity contribution is 7.99. The molecule has 9 nitrogen and oxygen atoms in total. The lowest BCUT2D eigenvalue weighted by Crippen LogP contribution is -2.17. The van der Waals surface area contributed by atoms with E-state index in [2.05, 4.69) is 15.5 Å². The van der Waals surface area contributed by atoms with Crippen molar-refractivity contribution < 1.29 is 23.8 Å². The number of carbonyl (C=O) groups is 2. The van der Waals surface area contributed by atoms with E-state index in [0.29, 0.717) is 46.3 Å². The number of hydrogen-bond acceptors (Lipinski definition) is 9. The van der Waals surface area contributed by atoms with Crippen LogP contribution >= 0.6 is 23.1 Å². The van der Waals surface area contributed by atoms with E-state index in [-0.39, 0.29) is 24.2 Å². The predicted octanol–water partition coefficient (Wildman–Crippen LogP) is 4.95. The second-order valence-corrected chi connectivity index (χ2v) is 10.6. The maximum Gasteiger partial charge on any atom is 0.341 e. The first kappa shape index (κ1) is 27.0. The van der Waals surface area contributed by atoms with Crippen molar-refractivity contribution in [3.63, 3.8) is 0 Å². The average Bonchev–Trinajstić information content (AvgIpc) is 3.42. The summed E-state index contributed by atoms with van der Waals surface area (Å²) in [6.45, 7) is 6.76. The van der Waals surface area contributed by atoms with Crippen LogP contribution in [0.4, 0.5) is 5.00 Å². The van der Waals surface area contributed by atoms with E-state index in [9.17, 15) is 9.59 Å². The number of ether oxygens (including phenoxy) is 3. The predicted molar refractivity (Wildman–Crippen MR) is 144 cm³/mol. The zero-order valence-corrected chi connectivity index (χ0v) is 23.2. The van der Waals surface area contributed by atoms with Crippen LogP contribution in [0.1, 0.15) is 58.9 Å². The molecule has 198 valence electrons. The molecule has 1 aliphatic carbocycles. The van der Waals surface area contributed by atoms with Crippen LogP contribution in [-0.2, 0) is 36.0 Å². The van der Waals surface area contributed by atoms with E-state index < -0.39 is 0 Å². The number of anilines is 1. The second-order valence-electron chi connectivity index (χ2n) is 8.60. The Kier molecular flexibility index (Phi) is 9.09. The van der Waals surface area contributed by atoms with Crippen molar-refractivity contribution >= 4 is 40.0 Å². The molecule has 3 aromatic rings. The van der Waals surface area contributed by atoms with Crippen LogP contribution in [0.5, 0.6) is 11.5 Å². The van der Waals surface area contributed by atoms with E-state index in [1.807, 2.05) is 39.1 Å². The van der Waals surface area contributed by atoms with Crippen LogP contribution in [0.15, 0.2) is 23.4 Å². The summed E-state index contributed by atoms with van der Waals surface area (Å²) in [7, 11) is 1.84. The summed E-state index contributed by atoms with van der Waals surface area (Å²) >= 11 is 2.76. The van der Waals surface area contributed by atoms with Gasteiger partial charge in [-0.25, -0.2) is 4.79 Å². The molecule has 0 bridgehead atoms. The van der Waals surface area contributed by atoms with E-state index in [1.165, 1.54) is 23.1 Å². The Labute approximate surface area is 224 Å². The standard InChI is InChI=1S/C26H32N4O5S2/c1-5-33-19-13-16(3)11-12-18(19)35-14-21-28-29-26(30(21)4)36-15-22(31)27-24-23(25(32)34-6-2)17-9-7-8-10-20(17)37-24/h11-13H,5-10,14-15H2,1-4H3,(H,27,31). The first-order valence-electron chi connectivity index (χ1n) is 12.4. The third-order valence-electron chi connectivity index (χ3n) is 5.92. The first-order valence-corrected chi connectivity index (χ1v) is 14.2. The van der Waals surface area contributed by atoms with Crippen LogP contribution in [0, 0.1) is 6.92 Å². The minimum Gasteiger partial charge on any atom is -0.490 e. The summed E-state index contributed by atoms with van der Waals surface area (Å²) in [6, 6.07) is 5.78. The number of aryl methyl sites for hydroxylation is 2. The van der Waals surface area contributed by atoms with Gasteiger partial charge in [-0.05, 0) is 69.7 Å². The highest BCUT2D eigenvalue weighted by Gasteiger charge is 2.27. The van der Waals surface area contributed by atoms with Gasteiger partial charge in [0.2, 0.25) is 5.91 Å².